The molecule has 0 amide bonds. The number of nitrogens with zero attached hydrogens (tertiary/aromatic N) is 3. The molecule has 1 aromatic heterocycles. The Morgan fingerprint density at radius 3 is 2.87 bits per heavy atom. The van der Waals surface area contributed by atoms with Gasteiger partial charge in [0.1, 0.15) is 6.54 Å². The molecule has 0 aliphatic heterocycles. The first-order chi connectivity index (χ1) is 7.00. The maximum Gasteiger partial charge on any atom is 0.264 e. The highest BCUT2D eigenvalue weighted by Crippen LogP contribution is 2.14. The van der Waals surface area contributed by atoms with Gasteiger partial charge in [-0.25, -0.2) is 17.8 Å². The fourth-order valence-electron chi connectivity index (χ4n) is 0.893. The van der Waals surface area contributed by atoms with E-state index in [9.17, 15) is 12.8 Å². The Bertz CT molecular complexity index is 495. The third-order valence-electron chi connectivity index (χ3n) is 1.67. The van der Waals surface area contributed by atoms with E-state index in [1.807, 2.05) is 0 Å². The molecule has 80 valence electrons. The molecule has 15 heavy (non-hydrogen) atoms. The number of sulfonamides is 1. The number of nitriles is 1. The molecule has 0 aliphatic rings. The standard InChI is InChI=1S/C8H8FN3O2S/c1-12(6-4-10)15(13,14)8-7(9)3-2-5-11-8/h2-3,5H,6H2,1H3. The first-order valence-corrected chi connectivity index (χ1v) is 5.38. The van der Waals surface area contributed by atoms with Gasteiger partial charge in [0.15, 0.2) is 5.82 Å². The highest BCUT2D eigenvalue weighted by molar-refractivity contribution is 7.89. The molecule has 0 atom stereocenters. The molecule has 0 saturated heterocycles. The molecular formula is C8H8FN3O2S. The van der Waals surface area contributed by atoms with Gasteiger partial charge in [-0.1, -0.05) is 0 Å². The van der Waals surface area contributed by atoms with Crippen LogP contribution >= 0.6 is 0 Å². The van der Waals surface area contributed by atoms with Crippen molar-refractivity contribution in [1.29, 1.82) is 5.26 Å². The van der Waals surface area contributed by atoms with Crippen LogP contribution in [0.1, 0.15) is 0 Å². The van der Waals surface area contributed by atoms with Crippen molar-refractivity contribution in [3.63, 3.8) is 0 Å². The van der Waals surface area contributed by atoms with Crippen molar-refractivity contribution in [3.05, 3.63) is 24.1 Å². The van der Waals surface area contributed by atoms with Gasteiger partial charge >= 0.3 is 0 Å². The zero-order valence-corrected chi connectivity index (χ0v) is 8.70. The van der Waals surface area contributed by atoms with Crippen LogP contribution in [-0.4, -0.2) is 31.3 Å². The number of hydrogen-bond acceptors (Lipinski definition) is 4. The van der Waals surface area contributed by atoms with E-state index in [2.05, 4.69) is 4.98 Å². The Labute approximate surface area is 86.8 Å². The van der Waals surface area contributed by atoms with Crippen molar-refractivity contribution in [2.24, 2.45) is 0 Å². The molecule has 5 nitrogen and oxygen atoms in total. The minimum Gasteiger partial charge on any atom is -0.241 e. The molecule has 0 fully saturated rings. The SMILES string of the molecule is CN(CC#N)S(=O)(=O)c1ncccc1F. The summed E-state index contributed by atoms with van der Waals surface area (Å²) >= 11 is 0. The van der Waals surface area contributed by atoms with E-state index < -0.39 is 20.9 Å². The van der Waals surface area contributed by atoms with E-state index in [1.165, 1.54) is 19.3 Å². The van der Waals surface area contributed by atoms with Gasteiger partial charge in [-0.3, -0.25) is 0 Å². The van der Waals surface area contributed by atoms with E-state index >= 15 is 0 Å². The summed E-state index contributed by atoms with van der Waals surface area (Å²) in [6, 6.07) is 3.95. The van der Waals surface area contributed by atoms with E-state index in [-0.39, 0.29) is 6.54 Å². The average molecular weight is 229 g/mol. The van der Waals surface area contributed by atoms with Crippen LogP contribution in [0, 0.1) is 17.1 Å². The lowest BCUT2D eigenvalue weighted by Crippen LogP contribution is -2.28. The minimum absolute atomic E-state index is 0.349. The minimum atomic E-state index is -4.01. The Balaban J connectivity index is 3.19. The second-order valence-electron chi connectivity index (χ2n) is 2.71. The van der Waals surface area contributed by atoms with Crippen molar-refractivity contribution in [1.82, 2.24) is 9.29 Å². The largest absolute Gasteiger partial charge is 0.264 e. The lowest BCUT2D eigenvalue weighted by atomic mass is 10.5. The molecule has 0 spiro atoms. The summed E-state index contributed by atoms with van der Waals surface area (Å²) in [5, 5.41) is 7.68. The maximum absolute atomic E-state index is 13.1. The molecule has 0 aromatic carbocycles. The van der Waals surface area contributed by atoms with Gasteiger partial charge in [-0.05, 0) is 12.1 Å². The number of pyridine rings is 1. The third kappa shape index (κ3) is 2.29. The van der Waals surface area contributed by atoms with Crippen LogP contribution in [0.25, 0.3) is 0 Å². The first-order valence-electron chi connectivity index (χ1n) is 3.94. The predicted octanol–water partition coefficient (Wildman–Crippen LogP) is 0.365. The normalized spacial score (nSPS) is 11.3. The zero-order chi connectivity index (χ0) is 11.5. The highest BCUT2D eigenvalue weighted by atomic mass is 32.2. The molecule has 0 unspecified atom stereocenters. The van der Waals surface area contributed by atoms with Gasteiger partial charge in [0.25, 0.3) is 10.0 Å². The van der Waals surface area contributed by atoms with E-state index in [0.717, 1.165) is 10.4 Å². The monoisotopic (exact) mass is 229 g/mol. The van der Waals surface area contributed by atoms with Gasteiger partial charge in [0.05, 0.1) is 6.07 Å². The fraction of sp³-hybridized carbons (Fsp3) is 0.250. The van der Waals surface area contributed by atoms with Crippen LogP contribution in [0.5, 0.6) is 0 Å². The zero-order valence-electron chi connectivity index (χ0n) is 7.88. The summed E-state index contributed by atoms with van der Waals surface area (Å²) in [6.45, 7) is -0.349. The van der Waals surface area contributed by atoms with Crippen LogP contribution in [0.4, 0.5) is 4.39 Å². The maximum atomic E-state index is 13.1. The Morgan fingerprint density at radius 1 is 1.67 bits per heavy atom. The van der Waals surface area contributed by atoms with Gasteiger partial charge in [-0.15, -0.1) is 0 Å². The van der Waals surface area contributed by atoms with Crippen molar-refractivity contribution in [3.8, 4) is 6.07 Å². The van der Waals surface area contributed by atoms with Gasteiger partial charge in [-0.2, -0.15) is 9.57 Å². The Kier molecular flexibility index (Phi) is 3.34. The number of aromatic nitrogens is 1. The molecule has 0 radical (unpaired) electrons. The van der Waals surface area contributed by atoms with Crippen LogP contribution in [0.3, 0.4) is 0 Å². The van der Waals surface area contributed by atoms with E-state index in [0.29, 0.717) is 0 Å². The molecule has 1 aromatic rings. The summed E-state index contributed by atoms with van der Waals surface area (Å²) in [6.07, 6.45) is 1.18. The van der Waals surface area contributed by atoms with E-state index in [4.69, 9.17) is 5.26 Å². The smallest absolute Gasteiger partial charge is 0.241 e. The van der Waals surface area contributed by atoms with Crippen LogP contribution in [0.15, 0.2) is 23.4 Å². The molecule has 1 rings (SSSR count). The second-order valence-corrected chi connectivity index (χ2v) is 4.67. The van der Waals surface area contributed by atoms with Crippen molar-refractivity contribution in [2.45, 2.75) is 5.03 Å². The number of halogens is 1. The predicted molar refractivity (Wildman–Crippen MR) is 49.6 cm³/mol. The van der Waals surface area contributed by atoms with Gasteiger partial charge in [0.2, 0.25) is 5.03 Å². The molecule has 1 heterocycles. The summed E-state index contributed by atoms with van der Waals surface area (Å²) in [5.41, 5.74) is 0. The molecule has 7 heteroatoms. The fourth-order valence-corrected chi connectivity index (χ4v) is 1.92. The third-order valence-corrected chi connectivity index (χ3v) is 3.41. The van der Waals surface area contributed by atoms with Crippen LogP contribution in [-0.2, 0) is 10.0 Å². The summed E-state index contributed by atoms with van der Waals surface area (Å²) < 4.78 is 37.1. The molecule has 0 bridgehead atoms. The lowest BCUT2D eigenvalue weighted by molar-refractivity contribution is 0.484. The summed E-state index contributed by atoms with van der Waals surface area (Å²) in [7, 11) is -2.82. The number of hydrogen-bond donors (Lipinski definition) is 0. The van der Waals surface area contributed by atoms with Gasteiger partial charge < -0.3 is 0 Å². The Hall–Kier alpha value is -1.52. The highest BCUT2D eigenvalue weighted by Gasteiger charge is 2.25. The quantitative estimate of drug-likeness (QED) is 0.701. The topological polar surface area (TPSA) is 74.1 Å². The molecular weight excluding hydrogens is 221 g/mol. The van der Waals surface area contributed by atoms with Gasteiger partial charge in [0, 0.05) is 13.2 Å². The lowest BCUT2D eigenvalue weighted by Gasteiger charge is -2.12. The van der Waals surface area contributed by atoms with Crippen LogP contribution < -0.4 is 0 Å². The van der Waals surface area contributed by atoms with E-state index in [1.54, 1.807) is 6.07 Å². The molecule has 0 N–H and O–H groups in total. The summed E-state index contributed by atoms with van der Waals surface area (Å²) in [4.78, 5) is 3.44. The first kappa shape index (κ1) is 11.6. The van der Waals surface area contributed by atoms with Crippen molar-refractivity contribution < 1.29 is 12.8 Å². The molecule has 0 saturated carbocycles. The number of rotatable bonds is 3. The summed E-state index contributed by atoms with van der Waals surface area (Å²) in [5.74, 6) is -0.928. The molecule has 0 aliphatic carbocycles. The Morgan fingerprint density at radius 2 is 2.33 bits per heavy atom. The van der Waals surface area contributed by atoms with Crippen molar-refractivity contribution >= 4 is 10.0 Å². The van der Waals surface area contributed by atoms with Crippen molar-refractivity contribution in [2.75, 3.05) is 13.6 Å². The second kappa shape index (κ2) is 4.33. The average Bonchev–Trinajstić information content (AvgIpc) is 2.18. The van der Waals surface area contributed by atoms with Crippen LogP contribution in [0.2, 0.25) is 0 Å².